The van der Waals surface area contributed by atoms with E-state index in [1.807, 2.05) is 13.1 Å². The number of nitrogens with one attached hydrogen (secondary N) is 1. The highest BCUT2D eigenvalue weighted by atomic mass is 32.2. The standard InChI is InChI=1S/C22H29N3OS/c1-24(14-19-8-10-21(27-2)11-9-19)17-22(26)23-20-12-13-25(16-20)15-18-6-4-3-5-7-18/h3-11,20H,12-17H2,1-2H3,(H,23,26)/t20-/m1/s1. The lowest BCUT2D eigenvalue weighted by molar-refractivity contribution is -0.122. The Balaban J connectivity index is 1.39. The Bertz CT molecular complexity index is 720. The molecule has 5 heteroatoms. The smallest absolute Gasteiger partial charge is 0.234 e. The maximum Gasteiger partial charge on any atom is 0.234 e. The first kappa shape index (κ1) is 19.9. The van der Waals surface area contributed by atoms with Gasteiger partial charge in [-0.1, -0.05) is 42.5 Å². The summed E-state index contributed by atoms with van der Waals surface area (Å²) in [7, 11) is 2.00. The molecule has 0 bridgehead atoms. The second-order valence-corrected chi connectivity index (χ2v) is 8.17. The van der Waals surface area contributed by atoms with E-state index in [9.17, 15) is 4.79 Å². The molecular weight excluding hydrogens is 354 g/mol. The fourth-order valence-electron chi connectivity index (χ4n) is 3.55. The molecule has 1 atom stereocenters. The quantitative estimate of drug-likeness (QED) is 0.710. The number of likely N-dealkylation sites (N-methyl/N-ethyl adjacent to an activating group) is 1. The van der Waals surface area contributed by atoms with E-state index >= 15 is 0 Å². The van der Waals surface area contributed by atoms with Crippen molar-refractivity contribution >= 4 is 17.7 Å². The van der Waals surface area contributed by atoms with E-state index in [0.717, 1.165) is 32.6 Å². The summed E-state index contributed by atoms with van der Waals surface area (Å²) in [5.41, 5.74) is 2.56. The van der Waals surface area contributed by atoms with E-state index in [2.05, 4.69) is 69.9 Å². The van der Waals surface area contributed by atoms with Gasteiger partial charge in [-0.3, -0.25) is 14.6 Å². The molecule has 2 aromatic carbocycles. The van der Waals surface area contributed by atoms with Crippen LogP contribution in [-0.2, 0) is 17.9 Å². The largest absolute Gasteiger partial charge is 0.351 e. The normalized spacial score (nSPS) is 17.4. The molecular formula is C22H29N3OS. The lowest BCUT2D eigenvalue weighted by Gasteiger charge is -2.19. The van der Waals surface area contributed by atoms with Gasteiger partial charge < -0.3 is 5.32 Å². The summed E-state index contributed by atoms with van der Waals surface area (Å²) in [6, 6.07) is 19.3. The van der Waals surface area contributed by atoms with Gasteiger partial charge in [0.2, 0.25) is 5.91 Å². The van der Waals surface area contributed by atoms with Crippen molar-refractivity contribution in [2.75, 3.05) is 32.9 Å². The van der Waals surface area contributed by atoms with Gasteiger partial charge in [0.25, 0.3) is 0 Å². The molecule has 1 saturated heterocycles. The van der Waals surface area contributed by atoms with Crippen molar-refractivity contribution in [3.05, 3.63) is 65.7 Å². The Morgan fingerprint density at radius 3 is 2.59 bits per heavy atom. The Kier molecular flexibility index (Phi) is 7.33. The number of carbonyl (C=O) groups is 1. The first-order chi connectivity index (χ1) is 13.1. The van der Waals surface area contributed by atoms with Crippen LogP contribution in [0.25, 0.3) is 0 Å². The summed E-state index contributed by atoms with van der Waals surface area (Å²) in [5.74, 6) is 0.116. The molecule has 3 rings (SSSR count). The number of rotatable bonds is 8. The van der Waals surface area contributed by atoms with Gasteiger partial charge in [-0.15, -0.1) is 11.8 Å². The van der Waals surface area contributed by atoms with Gasteiger partial charge in [-0.25, -0.2) is 0 Å². The molecule has 1 aliphatic rings. The lowest BCUT2D eigenvalue weighted by Crippen LogP contribution is -2.42. The zero-order valence-electron chi connectivity index (χ0n) is 16.2. The van der Waals surface area contributed by atoms with Gasteiger partial charge in [0.1, 0.15) is 0 Å². The predicted molar refractivity (Wildman–Crippen MR) is 113 cm³/mol. The number of likely N-dealkylation sites (tertiary alicyclic amines) is 1. The molecule has 2 aromatic rings. The zero-order valence-corrected chi connectivity index (χ0v) is 17.0. The monoisotopic (exact) mass is 383 g/mol. The van der Waals surface area contributed by atoms with E-state index < -0.39 is 0 Å². The molecule has 0 aliphatic carbocycles. The summed E-state index contributed by atoms with van der Waals surface area (Å²) in [5, 5.41) is 3.20. The van der Waals surface area contributed by atoms with Crippen LogP contribution in [0, 0.1) is 0 Å². The van der Waals surface area contributed by atoms with Gasteiger partial charge in [0, 0.05) is 37.1 Å². The third-order valence-corrected chi connectivity index (χ3v) is 5.66. The van der Waals surface area contributed by atoms with Crippen molar-refractivity contribution in [1.29, 1.82) is 0 Å². The Hall–Kier alpha value is -1.82. The van der Waals surface area contributed by atoms with Crippen LogP contribution >= 0.6 is 11.8 Å². The third-order valence-electron chi connectivity index (χ3n) is 4.91. The second-order valence-electron chi connectivity index (χ2n) is 7.29. The average molecular weight is 384 g/mol. The van der Waals surface area contributed by atoms with Crippen molar-refractivity contribution in [1.82, 2.24) is 15.1 Å². The highest BCUT2D eigenvalue weighted by Crippen LogP contribution is 2.16. The highest BCUT2D eigenvalue weighted by Gasteiger charge is 2.24. The van der Waals surface area contributed by atoms with Gasteiger partial charge in [0.05, 0.1) is 6.54 Å². The Morgan fingerprint density at radius 2 is 1.89 bits per heavy atom. The van der Waals surface area contributed by atoms with E-state index in [0.29, 0.717) is 6.54 Å². The summed E-state index contributed by atoms with van der Waals surface area (Å²) < 4.78 is 0. The molecule has 0 spiro atoms. The molecule has 27 heavy (non-hydrogen) atoms. The van der Waals surface area contributed by atoms with Crippen molar-refractivity contribution < 1.29 is 4.79 Å². The van der Waals surface area contributed by atoms with Crippen LogP contribution in [0.2, 0.25) is 0 Å². The van der Waals surface area contributed by atoms with E-state index in [4.69, 9.17) is 0 Å². The van der Waals surface area contributed by atoms with Crippen molar-refractivity contribution in [2.24, 2.45) is 0 Å². The van der Waals surface area contributed by atoms with Crippen LogP contribution < -0.4 is 5.32 Å². The maximum absolute atomic E-state index is 12.4. The summed E-state index contributed by atoms with van der Waals surface area (Å²) in [6.07, 6.45) is 3.11. The minimum atomic E-state index is 0.116. The molecule has 0 unspecified atom stereocenters. The minimum Gasteiger partial charge on any atom is -0.351 e. The Morgan fingerprint density at radius 1 is 1.15 bits per heavy atom. The number of thioether (sulfide) groups is 1. The minimum absolute atomic E-state index is 0.116. The molecule has 1 aliphatic heterocycles. The topological polar surface area (TPSA) is 35.6 Å². The van der Waals surface area contributed by atoms with E-state index in [1.54, 1.807) is 11.8 Å². The number of benzene rings is 2. The second kappa shape index (κ2) is 9.93. The molecule has 144 valence electrons. The summed E-state index contributed by atoms with van der Waals surface area (Å²) >= 11 is 1.74. The van der Waals surface area contributed by atoms with Crippen LogP contribution in [0.4, 0.5) is 0 Å². The summed E-state index contributed by atoms with van der Waals surface area (Å²) in [6.45, 7) is 4.14. The van der Waals surface area contributed by atoms with Crippen molar-refractivity contribution in [2.45, 2.75) is 30.4 Å². The SMILES string of the molecule is CSc1ccc(CN(C)CC(=O)N[C@@H]2CCN(Cc3ccccc3)C2)cc1. The molecule has 1 N–H and O–H groups in total. The van der Waals surface area contributed by atoms with E-state index in [-0.39, 0.29) is 11.9 Å². The molecule has 1 heterocycles. The van der Waals surface area contributed by atoms with Crippen LogP contribution in [0.1, 0.15) is 17.5 Å². The fourth-order valence-corrected chi connectivity index (χ4v) is 3.96. The van der Waals surface area contributed by atoms with Crippen LogP contribution in [0.3, 0.4) is 0 Å². The van der Waals surface area contributed by atoms with E-state index in [1.165, 1.54) is 16.0 Å². The molecule has 0 aromatic heterocycles. The third kappa shape index (κ3) is 6.38. The molecule has 1 fully saturated rings. The maximum atomic E-state index is 12.4. The van der Waals surface area contributed by atoms with Crippen LogP contribution in [0.5, 0.6) is 0 Å². The number of nitrogens with zero attached hydrogens (tertiary/aromatic N) is 2. The fraction of sp³-hybridized carbons (Fsp3) is 0.409. The van der Waals surface area contributed by atoms with Crippen LogP contribution in [0.15, 0.2) is 59.5 Å². The highest BCUT2D eigenvalue weighted by molar-refractivity contribution is 7.98. The average Bonchev–Trinajstić information content (AvgIpc) is 3.09. The predicted octanol–water partition coefficient (Wildman–Crippen LogP) is 3.23. The molecule has 1 amide bonds. The number of amides is 1. The molecule has 0 radical (unpaired) electrons. The molecule has 4 nitrogen and oxygen atoms in total. The first-order valence-corrected chi connectivity index (χ1v) is 10.7. The van der Waals surface area contributed by atoms with Gasteiger partial charge in [0.15, 0.2) is 0 Å². The van der Waals surface area contributed by atoms with Crippen molar-refractivity contribution in [3.8, 4) is 0 Å². The van der Waals surface area contributed by atoms with Gasteiger partial charge in [-0.2, -0.15) is 0 Å². The van der Waals surface area contributed by atoms with Gasteiger partial charge >= 0.3 is 0 Å². The number of hydrogen-bond acceptors (Lipinski definition) is 4. The lowest BCUT2D eigenvalue weighted by atomic mass is 10.2. The Labute approximate surface area is 166 Å². The molecule has 0 saturated carbocycles. The number of carbonyl (C=O) groups excluding carboxylic acids is 1. The van der Waals surface area contributed by atoms with Crippen molar-refractivity contribution in [3.63, 3.8) is 0 Å². The number of hydrogen-bond donors (Lipinski definition) is 1. The van der Waals surface area contributed by atoms with Crippen LogP contribution in [-0.4, -0.2) is 54.7 Å². The zero-order chi connectivity index (χ0) is 19.1. The first-order valence-electron chi connectivity index (χ1n) is 9.49. The van der Waals surface area contributed by atoms with Gasteiger partial charge in [-0.05, 0) is 43.0 Å². The summed E-state index contributed by atoms with van der Waals surface area (Å²) in [4.78, 5) is 18.1.